The highest BCUT2D eigenvalue weighted by Gasteiger charge is 2.46. The van der Waals surface area contributed by atoms with E-state index in [0.29, 0.717) is 65.1 Å². The number of hydrazine groups is 4. The van der Waals surface area contributed by atoms with Gasteiger partial charge in [-0.25, -0.2) is 40.0 Å². The molecular weight excluding hydrogens is 2670 g/mol. The zero-order valence-electron chi connectivity index (χ0n) is 76.2. The van der Waals surface area contributed by atoms with Gasteiger partial charge in [0.05, 0.1) is 125 Å². The number of carbonyl (C=O) groups is 9. The molecule has 6 aliphatic rings. The van der Waals surface area contributed by atoms with Crippen LogP contribution in [0, 0.1) is 43.7 Å². The van der Waals surface area contributed by atoms with E-state index in [-0.39, 0.29) is 180 Å². The first kappa shape index (κ1) is 119. The molecule has 0 saturated carbocycles. The molecule has 5 saturated heterocycles. The number of nitro benzene ring substituents is 1. The number of rotatable bonds is 16. The average molecular weight is 2730 g/mol. The standard InChI is InChI=1S/C28H24BrCl3N4O3.C20H13BrCl4N4O3.C16H8BrCl6N3O.C16H10Cl5N3O.C15H7BrCl4N4O3/c1-4-19(20-9-8-14(2)10-15(20)3)27(38)33-18-7-5-6-16(11-18)26(37)34-25-23(29)28(39)36(35-25)24-21(31)12-17(30)13-22(24)32;1-8-4-15(30)28(19(8)31)10-2-3-11(23)14(7-10)26-18-16(21)20(32)29(27-18)17-12(24)5-9(22)6-13(17)25;1-5-2-3-6(18)7(4-5)24-15-8(17)16(27)26(25-15)14-12(22)10(20)9(19)11(21)13(14)23;1-7-2-3-9(18)12(4-7)22-15-13(21)16(25)24(23-15)14-10(19)5-8(17)6-11(14)20;16-12-14(21-11-5-7(24(26)27)1-2-8(11)18)22-23(15(12)25)13-9(19)3-6(17)4-10(13)20/h5-13,19,23H,4H2,1-3H3,(H,33,38)(H,34,35,37);2-3,5-8,16H,4H2,1H3,(H,26,27);2-4,8H,1H3,(H,24,25);2-6,13H,1H3,(H,22,23);1-5,12H,(H,21,22). The number of hydrazone groups is 1. The second kappa shape index (κ2) is 51.0. The Balaban J connectivity index is 0.000000158. The van der Waals surface area contributed by atoms with E-state index in [4.69, 9.17) is 255 Å². The minimum Gasteiger partial charge on any atom is -0.326 e. The predicted octanol–water partition coefficient (Wildman–Crippen LogP) is 31.4. The Morgan fingerprint density at radius 1 is 0.420 bits per heavy atom. The summed E-state index contributed by atoms with van der Waals surface area (Å²) in [7, 11) is 0. The van der Waals surface area contributed by atoms with Crippen LogP contribution < -0.4 is 62.3 Å². The smallest absolute Gasteiger partial charge is 0.271 e. The number of aliphatic imine (C=N–C) groups is 4. The first-order valence-corrected chi connectivity index (χ1v) is 54.6. The van der Waals surface area contributed by atoms with Gasteiger partial charge in [0.1, 0.15) is 51.8 Å². The van der Waals surface area contributed by atoms with Crippen LogP contribution in [0.1, 0.15) is 70.8 Å². The maximum absolute atomic E-state index is 13.2. The van der Waals surface area contributed by atoms with Crippen molar-refractivity contribution >= 4 is 470 Å². The highest BCUT2D eigenvalue weighted by atomic mass is 79.9. The summed E-state index contributed by atoms with van der Waals surface area (Å²) in [5.41, 5.74) is 19.6. The molecule has 0 bridgehead atoms. The Bertz CT molecular complexity index is 7510. The molecule has 11 aromatic rings. The summed E-state index contributed by atoms with van der Waals surface area (Å²) in [5.74, 6) is -3.29. The molecule has 780 valence electrons. The second-order valence-corrected chi connectivity index (χ2v) is 44.9. The summed E-state index contributed by atoms with van der Waals surface area (Å²) in [5, 5.41) is 29.2. The highest BCUT2D eigenvalue weighted by Crippen LogP contribution is 2.51. The molecule has 5 fully saturated rings. The number of nitro groups is 1. The van der Waals surface area contributed by atoms with Crippen molar-refractivity contribution in [1.29, 1.82) is 0 Å². The largest absolute Gasteiger partial charge is 0.326 e. The lowest BCUT2D eigenvalue weighted by Crippen LogP contribution is -2.37. The molecule has 11 aromatic carbocycles. The molecule has 0 aromatic heterocycles. The third-order valence-electron chi connectivity index (χ3n) is 21.7. The quantitative estimate of drug-likeness (QED) is 0.0131. The molecule has 6 aliphatic heterocycles. The molecular formula is C95H62Br4Cl22N18O11. The predicted molar refractivity (Wildman–Crippen MR) is 623 cm³/mol. The van der Waals surface area contributed by atoms with Crippen molar-refractivity contribution in [2.75, 3.05) is 35.3 Å². The fourth-order valence-electron chi connectivity index (χ4n) is 14.6. The maximum Gasteiger partial charge on any atom is 0.271 e. The molecule has 0 aliphatic carbocycles. The number of nitrogens with zero attached hydrogens (tertiary/aromatic N) is 12. The van der Waals surface area contributed by atoms with Gasteiger partial charge in [0.25, 0.3) is 41.1 Å². The first-order valence-electron chi connectivity index (χ1n) is 42.6. The van der Waals surface area contributed by atoms with Gasteiger partial charge in [-0.2, -0.15) is 5.01 Å². The number of amides is 9. The molecule has 150 heavy (non-hydrogen) atoms. The molecule has 29 nitrogen and oxygen atoms in total. The number of imide groups is 1. The van der Waals surface area contributed by atoms with Crippen LogP contribution in [0.2, 0.25) is 105 Å². The minimum atomic E-state index is -1.03. The van der Waals surface area contributed by atoms with Gasteiger partial charge in [-0.1, -0.05) is 363 Å². The number of nitrogens with one attached hydrogen (secondary N) is 6. The summed E-state index contributed by atoms with van der Waals surface area (Å²) in [4.78, 5) is 140. The van der Waals surface area contributed by atoms with Crippen molar-refractivity contribution in [3.63, 3.8) is 0 Å². The SMILES string of the molecule is CC1CC(=O)N(c2ccc(Cl)c(N=C3NN(c4c(Cl)cc(Cl)cc4Cl)C(=O)C3Br)c2)C1=O.CCC(C(=O)Nc1cccc(C(=O)NC2=NN(c3c(Cl)cc(Cl)cc3Cl)C(=O)C2Br)c1)c1ccc(C)cc1C.Cc1ccc(Cl)c(N=C2NN(c3c(Cl)c(Cl)c(Cl)c(Cl)c3Cl)C(=O)C2Br)c1.Cc1ccc(Cl)c(N=C2NN(c3c(Cl)cc(Cl)cc3Cl)C(=O)C2Cl)c1.O=C1C(Br)C(=Nc2cc([N+](=O)[O-])ccc2Cl)NN1c1c(Cl)cc(Cl)cc1Cl. The molecule has 0 spiro atoms. The van der Waals surface area contributed by atoms with Crippen molar-refractivity contribution in [2.24, 2.45) is 31.0 Å². The van der Waals surface area contributed by atoms with Crippen LogP contribution in [0.15, 0.2) is 189 Å². The molecule has 7 unspecified atom stereocenters. The van der Waals surface area contributed by atoms with E-state index in [1.54, 1.807) is 61.5 Å². The van der Waals surface area contributed by atoms with Gasteiger partial charge in [-0.3, -0.25) is 79.9 Å². The fraction of sp³-hybridized carbons (Fsp3) is 0.158. The van der Waals surface area contributed by atoms with Gasteiger partial charge in [0.15, 0.2) is 30.5 Å². The van der Waals surface area contributed by atoms with E-state index in [0.717, 1.165) is 57.8 Å². The normalized spacial score (nSPS) is 18.5. The van der Waals surface area contributed by atoms with Crippen LogP contribution in [0.5, 0.6) is 0 Å². The fourth-order valence-corrected chi connectivity index (χ4v) is 22.3. The van der Waals surface area contributed by atoms with Crippen LogP contribution in [0.25, 0.3) is 0 Å². The van der Waals surface area contributed by atoms with E-state index < -0.39 is 71.0 Å². The molecule has 7 atom stereocenters. The number of halogens is 26. The van der Waals surface area contributed by atoms with Crippen molar-refractivity contribution < 1.29 is 48.1 Å². The molecule has 0 radical (unpaired) electrons. The molecule has 6 heterocycles. The topological polar surface area (TPSA) is 350 Å². The van der Waals surface area contributed by atoms with Crippen LogP contribution in [0.3, 0.4) is 0 Å². The van der Waals surface area contributed by atoms with Crippen LogP contribution in [0.4, 0.5) is 68.2 Å². The summed E-state index contributed by atoms with van der Waals surface area (Å²) >= 11 is 148. The maximum atomic E-state index is 13.2. The van der Waals surface area contributed by atoms with Crippen LogP contribution >= 0.6 is 319 Å². The van der Waals surface area contributed by atoms with Gasteiger partial charge >= 0.3 is 0 Å². The Morgan fingerprint density at radius 2 is 0.793 bits per heavy atom. The summed E-state index contributed by atoms with van der Waals surface area (Å²) in [6, 6.07) is 43.4. The van der Waals surface area contributed by atoms with E-state index in [9.17, 15) is 53.3 Å². The molecule has 9 amide bonds. The summed E-state index contributed by atoms with van der Waals surface area (Å²) in [6.45, 7) is 11.5. The van der Waals surface area contributed by atoms with E-state index in [1.807, 2.05) is 58.9 Å². The highest BCUT2D eigenvalue weighted by molar-refractivity contribution is 9.10. The van der Waals surface area contributed by atoms with Crippen molar-refractivity contribution in [3.05, 3.63) is 313 Å². The summed E-state index contributed by atoms with van der Waals surface area (Å²) in [6.07, 6.45) is 0.761. The Kier molecular flexibility index (Phi) is 40.5. The van der Waals surface area contributed by atoms with Crippen molar-refractivity contribution in [3.8, 4) is 0 Å². The van der Waals surface area contributed by atoms with Crippen molar-refractivity contribution in [1.82, 2.24) is 27.0 Å². The zero-order chi connectivity index (χ0) is 110. The number of aryl methyl sites for hydroxylation is 4. The minimum absolute atomic E-state index is 0.000412. The Hall–Kier alpha value is -7.90. The van der Waals surface area contributed by atoms with Crippen LogP contribution in [-0.4, -0.2) is 112 Å². The number of alkyl halides is 5. The second-order valence-electron chi connectivity index (χ2n) is 32.3. The Morgan fingerprint density at radius 3 is 1.21 bits per heavy atom. The van der Waals surface area contributed by atoms with E-state index in [2.05, 4.69) is 127 Å². The average Bonchev–Trinajstić information content (AvgIpc) is 1.53. The molecule has 17 rings (SSSR count). The lowest BCUT2D eigenvalue weighted by Gasteiger charge is -2.21. The number of hydrogen-bond acceptors (Lipinski definition) is 16. The lowest BCUT2D eigenvalue weighted by molar-refractivity contribution is -0.384. The van der Waals surface area contributed by atoms with Gasteiger partial charge in [-0.05, 0) is 172 Å². The first-order chi connectivity index (χ1) is 70.7. The van der Waals surface area contributed by atoms with Gasteiger partial charge < -0.3 is 10.6 Å². The number of hydrogen-bond donors (Lipinski definition) is 6. The third kappa shape index (κ3) is 27.0. The van der Waals surface area contributed by atoms with E-state index >= 15 is 0 Å². The molecule has 55 heteroatoms. The Labute approximate surface area is 997 Å². The van der Waals surface area contributed by atoms with E-state index in [1.165, 1.54) is 78.9 Å². The zero-order valence-corrected chi connectivity index (χ0v) is 99.2. The van der Waals surface area contributed by atoms with Crippen LogP contribution in [-0.2, 0) is 38.4 Å². The van der Waals surface area contributed by atoms with Gasteiger partial charge in [-0.15, -0.1) is 16.7 Å². The monoisotopic (exact) mass is 2720 g/mol. The van der Waals surface area contributed by atoms with Crippen molar-refractivity contribution in [2.45, 2.75) is 85.0 Å². The number of amidine groups is 5. The third-order valence-corrected chi connectivity index (χ3v) is 32.1. The summed E-state index contributed by atoms with van der Waals surface area (Å²) < 4.78 is 0. The van der Waals surface area contributed by atoms with Gasteiger partial charge in [0, 0.05) is 55.8 Å². The lowest BCUT2D eigenvalue weighted by atomic mass is 9.91. The number of carbonyl (C=O) groups excluding carboxylic acids is 9. The number of anilines is 7. The number of benzene rings is 11. The van der Waals surface area contributed by atoms with Gasteiger partial charge in [0.2, 0.25) is 17.7 Å². The number of non-ortho nitro benzene ring substituents is 1. The molecule has 6 N–H and O–H groups in total.